The van der Waals surface area contributed by atoms with Crippen molar-refractivity contribution in [2.45, 2.75) is 39.0 Å². The van der Waals surface area contributed by atoms with Crippen LogP contribution in [0.1, 0.15) is 42.1 Å². The van der Waals surface area contributed by atoms with Crippen LogP contribution in [-0.4, -0.2) is 34.5 Å². The van der Waals surface area contributed by atoms with Crippen LogP contribution in [0.25, 0.3) is 16.0 Å². The molecule has 2 aliphatic rings. The number of Topliss-reactive ketones (excluding diaryl/α,β-unsaturated/α-hetero) is 1. The fourth-order valence-corrected chi connectivity index (χ4v) is 7.15. The molecule has 5 aromatic rings. The number of carbonyl (C=O) groups is 2. The zero-order valence-electron chi connectivity index (χ0n) is 25.0. The number of benzene rings is 4. The lowest BCUT2D eigenvalue weighted by Crippen LogP contribution is -2.29. The van der Waals surface area contributed by atoms with Gasteiger partial charge >= 0.3 is 5.91 Å². The topological polar surface area (TPSA) is 98.2 Å². The monoisotopic (exact) mass is 652 g/mol. The summed E-state index contributed by atoms with van der Waals surface area (Å²) >= 11 is 7.48. The Morgan fingerprint density at radius 2 is 1.85 bits per heavy atom. The van der Waals surface area contributed by atoms with E-state index in [0.29, 0.717) is 57.9 Å². The standard InChI is InChI=1S/C36H29ClN2O6S/c1-3-43-29-17-22(9-14-28(29)44-19-21-7-5-4-6-8-21)32-31(33(40)23-10-13-27-24(16-23)15-20(2)45-27)34(41)35(42)39(32)36-38-26-12-11-25(37)18-30(26)46-36/h4-14,16-18,20,32,40H,3,15,19H2,1-2H3/b33-31+/t20-,32+/m1/s1. The van der Waals surface area contributed by atoms with Crippen molar-refractivity contribution in [3.8, 4) is 17.2 Å². The molecule has 1 saturated heterocycles. The molecule has 46 heavy (non-hydrogen) atoms. The summed E-state index contributed by atoms with van der Waals surface area (Å²) < 4.78 is 18.7. The summed E-state index contributed by atoms with van der Waals surface area (Å²) in [6.07, 6.45) is 0.676. The maximum absolute atomic E-state index is 13.8. The molecule has 1 amide bonds. The fourth-order valence-electron chi connectivity index (χ4n) is 5.88. The van der Waals surface area contributed by atoms with E-state index >= 15 is 0 Å². The van der Waals surface area contributed by atoms with E-state index in [0.717, 1.165) is 21.6 Å². The van der Waals surface area contributed by atoms with E-state index in [4.69, 9.17) is 30.8 Å². The van der Waals surface area contributed by atoms with Crippen molar-refractivity contribution in [2.75, 3.05) is 11.5 Å². The van der Waals surface area contributed by atoms with Gasteiger partial charge in [-0.3, -0.25) is 14.5 Å². The van der Waals surface area contributed by atoms with Crippen LogP contribution < -0.4 is 19.1 Å². The summed E-state index contributed by atoms with van der Waals surface area (Å²) in [5, 5.41) is 12.6. The van der Waals surface area contributed by atoms with Crippen molar-refractivity contribution in [3.63, 3.8) is 0 Å². The van der Waals surface area contributed by atoms with Gasteiger partial charge in [-0.15, -0.1) is 0 Å². The zero-order valence-corrected chi connectivity index (χ0v) is 26.6. The molecule has 7 rings (SSSR count). The SMILES string of the molecule is CCOc1cc([C@H]2/C(=C(\O)c3ccc4c(c3)C[C@@H](C)O4)C(=O)C(=O)N2c2nc3ccc(Cl)cc3s2)ccc1OCc1ccccc1. The Hall–Kier alpha value is -4.86. The molecule has 3 heterocycles. The maximum Gasteiger partial charge on any atom is 0.301 e. The number of ketones is 1. The van der Waals surface area contributed by atoms with Crippen molar-refractivity contribution in [1.82, 2.24) is 4.98 Å². The van der Waals surface area contributed by atoms with Crippen LogP contribution in [0.2, 0.25) is 5.02 Å². The Balaban J connectivity index is 1.36. The summed E-state index contributed by atoms with van der Waals surface area (Å²) in [7, 11) is 0. The van der Waals surface area contributed by atoms with Crippen molar-refractivity contribution in [3.05, 3.63) is 118 Å². The van der Waals surface area contributed by atoms with Gasteiger partial charge in [-0.25, -0.2) is 4.98 Å². The molecule has 0 unspecified atom stereocenters. The highest BCUT2D eigenvalue weighted by molar-refractivity contribution is 7.22. The third-order valence-electron chi connectivity index (χ3n) is 7.98. The second-order valence-corrected chi connectivity index (χ2v) is 12.6. The highest BCUT2D eigenvalue weighted by Gasteiger charge is 2.48. The van der Waals surface area contributed by atoms with Crippen molar-refractivity contribution < 1.29 is 28.9 Å². The molecule has 0 aliphatic carbocycles. The lowest BCUT2D eigenvalue weighted by atomic mass is 9.94. The highest BCUT2D eigenvalue weighted by atomic mass is 35.5. The van der Waals surface area contributed by atoms with Gasteiger partial charge in [-0.05, 0) is 79.1 Å². The third-order valence-corrected chi connectivity index (χ3v) is 9.23. The Morgan fingerprint density at radius 1 is 1.02 bits per heavy atom. The molecule has 0 saturated carbocycles. The summed E-state index contributed by atoms with van der Waals surface area (Å²) in [4.78, 5) is 33.7. The number of aliphatic hydroxyl groups excluding tert-OH is 1. The fraction of sp³-hybridized carbons (Fsp3) is 0.194. The molecule has 8 nitrogen and oxygen atoms in total. The number of rotatable bonds is 8. The van der Waals surface area contributed by atoms with Gasteiger partial charge in [-0.1, -0.05) is 59.3 Å². The number of ether oxygens (including phenoxy) is 3. The lowest BCUT2D eigenvalue weighted by molar-refractivity contribution is -0.132. The molecule has 2 aliphatic heterocycles. The number of aliphatic hydroxyl groups is 1. The number of nitrogens with zero attached hydrogens (tertiary/aromatic N) is 2. The molecular weight excluding hydrogens is 624 g/mol. The first-order valence-electron chi connectivity index (χ1n) is 14.9. The number of hydrogen-bond acceptors (Lipinski definition) is 8. The summed E-state index contributed by atoms with van der Waals surface area (Å²) in [6, 6.07) is 24.6. The molecule has 232 valence electrons. The molecule has 1 fully saturated rings. The molecule has 1 aromatic heterocycles. The minimum absolute atomic E-state index is 0.00475. The molecule has 0 spiro atoms. The van der Waals surface area contributed by atoms with Gasteiger partial charge in [0.25, 0.3) is 5.78 Å². The van der Waals surface area contributed by atoms with Crippen LogP contribution in [0.5, 0.6) is 17.2 Å². The van der Waals surface area contributed by atoms with E-state index in [-0.39, 0.29) is 17.4 Å². The quantitative estimate of drug-likeness (QED) is 0.103. The average molecular weight is 653 g/mol. The molecular formula is C36H29ClN2O6S. The molecule has 0 radical (unpaired) electrons. The van der Waals surface area contributed by atoms with Gasteiger partial charge < -0.3 is 19.3 Å². The van der Waals surface area contributed by atoms with Gasteiger partial charge in [0.2, 0.25) is 0 Å². The maximum atomic E-state index is 13.8. The number of carbonyl (C=O) groups excluding carboxylic acids is 2. The summed E-state index contributed by atoms with van der Waals surface area (Å²) in [5.41, 5.74) is 3.47. The Bertz CT molecular complexity index is 2020. The number of aromatic nitrogens is 1. The first-order valence-corrected chi connectivity index (χ1v) is 16.1. The number of halogens is 1. The van der Waals surface area contributed by atoms with E-state index in [1.807, 2.05) is 50.2 Å². The second kappa shape index (κ2) is 12.2. The van der Waals surface area contributed by atoms with E-state index in [2.05, 4.69) is 0 Å². The van der Waals surface area contributed by atoms with Crippen molar-refractivity contribution in [2.24, 2.45) is 0 Å². The van der Waals surface area contributed by atoms with Gasteiger partial charge in [-0.2, -0.15) is 0 Å². The Morgan fingerprint density at radius 3 is 2.65 bits per heavy atom. The van der Waals surface area contributed by atoms with Crippen LogP contribution in [0.15, 0.2) is 90.5 Å². The van der Waals surface area contributed by atoms with Gasteiger partial charge in [0.15, 0.2) is 16.6 Å². The van der Waals surface area contributed by atoms with Gasteiger partial charge in [0.1, 0.15) is 24.2 Å². The van der Waals surface area contributed by atoms with E-state index in [1.165, 1.54) is 16.2 Å². The third kappa shape index (κ3) is 5.46. The smallest absolute Gasteiger partial charge is 0.301 e. The van der Waals surface area contributed by atoms with E-state index in [1.54, 1.807) is 48.5 Å². The van der Waals surface area contributed by atoms with Crippen LogP contribution in [0.4, 0.5) is 5.13 Å². The largest absolute Gasteiger partial charge is 0.507 e. The normalized spacial score (nSPS) is 18.5. The predicted octanol–water partition coefficient (Wildman–Crippen LogP) is 7.88. The molecule has 4 aromatic carbocycles. The highest BCUT2D eigenvalue weighted by Crippen LogP contribution is 2.46. The van der Waals surface area contributed by atoms with Crippen LogP contribution in [-0.2, 0) is 22.6 Å². The summed E-state index contributed by atoms with van der Waals surface area (Å²) in [6.45, 7) is 4.52. The van der Waals surface area contributed by atoms with Crippen LogP contribution in [0.3, 0.4) is 0 Å². The minimum Gasteiger partial charge on any atom is -0.507 e. The zero-order chi connectivity index (χ0) is 31.9. The van der Waals surface area contributed by atoms with E-state index in [9.17, 15) is 14.7 Å². The Kier molecular flexibility index (Phi) is 7.88. The minimum atomic E-state index is -0.998. The summed E-state index contributed by atoms with van der Waals surface area (Å²) in [5.74, 6) is -0.194. The first kappa shape index (κ1) is 29.8. The Labute approximate surface area is 274 Å². The number of hydrogen-bond donors (Lipinski definition) is 1. The molecule has 1 N–H and O–H groups in total. The molecule has 0 bridgehead atoms. The van der Waals surface area contributed by atoms with Gasteiger partial charge in [0.05, 0.1) is 28.4 Å². The molecule has 2 atom stereocenters. The van der Waals surface area contributed by atoms with E-state index < -0.39 is 17.7 Å². The second-order valence-electron chi connectivity index (χ2n) is 11.1. The lowest BCUT2D eigenvalue weighted by Gasteiger charge is -2.24. The van der Waals surface area contributed by atoms with Gasteiger partial charge in [0, 0.05) is 17.0 Å². The number of fused-ring (bicyclic) bond motifs is 2. The number of anilines is 1. The number of thiazole rings is 1. The molecule has 10 heteroatoms. The first-order chi connectivity index (χ1) is 22.3. The van der Waals surface area contributed by atoms with Crippen molar-refractivity contribution >= 4 is 55.7 Å². The van der Waals surface area contributed by atoms with Crippen LogP contribution in [0, 0.1) is 0 Å². The average Bonchev–Trinajstić information content (AvgIpc) is 3.72. The van der Waals surface area contributed by atoms with Crippen LogP contribution >= 0.6 is 22.9 Å². The number of amides is 1. The predicted molar refractivity (Wildman–Crippen MR) is 178 cm³/mol. The van der Waals surface area contributed by atoms with Crippen molar-refractivity contribution in [1.29, 1.82) is 0 Å².